The molecule has 0 amide bonds. The molecule has 0 bridgehead atoms. The van der Waals surface area contributed by atoms with Crippen LogP contribution in [0.5, 0.6) is 0 Å². The van der Waals surface area contributed by atoms with Crippen LogP contribution in [0.25, 0.3) is 0 Å². The van der Waals surface area contributed by atoms with Gasteiger partial charge in [-0.15, -0.1) is 0 Å². The van der Waals surface area contributed by atoms with Crippen LogP contribution in [-0.4, -0.2) is 27.4 Å². The van der Waals surface area contributed by atoms with E-state index >= 15 is 0 Å². The molecule has 0 spiro atoms. The van der Waals surface area contributed by atoms with Crippen molar-refractivity contribution in [3.05, 3.63) is 18.0 Å². The van der Waals surface area contributed by atoms with Crippen molar-refractivity contribution in [3.8, 4) is 0 Å². The van der Waals surface area contributed by atoms with E-state index in [1.165, 1.54) is 0 Å². The molecule has 0 atom stereocenters. The molecule has 4 heteroatoms. The van der Waals surface area contributed by atoms with Crippen molar-refractivity contribution in [1.29, 1.82) is 0 Å². The van der Waals surface area contributed by atoms with E-state index in [0.717, 1.165) is 43.8 Å². The molecule has 1 fully saturated rings. The monoisotopic (exact) mass is 265 g/mol. The highest BCUT2D eigenvalue weighted by atomic mass is 16.3. The fourth-order valence-electron chi connectivity index (χ4n) is 3.01. The Hall–Kier alpha value is -0.870. The molecule has 0 aromatic carbocycles. The molecule has 108 valence electrons. The number of aromatic nitrogens is 2. The van der Waals surface area contributed by atoms with Gasteiger partial charge in [0.2, 0.25) is 0 Å². The molecule has 0 saturated heterocycles. The number of nitrogens with one attached hydrogen (secondary N) is 2. The van der Waals surface area contributed by atoms with E-state index in [9.17, 15) is 5.11 Å². The fraction of sp³-hybridized carbons (Fsp3) is 0.800. The lowest BCUT2D eigenvalue weighted by atomic mass is 9.68. The maximum atomic E-state index is 10.6. The minimum Gasteiger partial charge on any atom is -0.389 e. The number of aromatic amines is 1. The van der Waals surface area contributed by atoms with Crippen molar-refractivity contribution in [1.82, 2.24) is 15.5 Å². The molecule has 0 aliphatic heterocycles. The Kier molecular flexibility index (Phi) is 4.31. The lowest BCUT2D eigenvalue weighted by Crippen LogP contribution is -2.44. The van der Waals surface area contributed by atoms with Gasteiger partial charge in [0, 0.05) is 25.0 Å². The molecule has 0 radical (unpaired) electrons. The molecule has 1 heterocycles. The maximum Gasteiger partial charge on any atom is 0.0771 e. The first-order valence-corrected chi connectivity index (χ1v) is 7.30. The minimum atomic E-state index is -0.526. The summed E-state index contributed by atoms with van der Waals surface area (Å²) in [6, 6.07) is 1.95. The van der Waals surface area contributed by atoms with Gasteiger partial charge in [0.05, 0.1) is 5.60 Å². The maximum absolute atomic E-state index is 10.6. The van der Waals surface area contributed by atoms with Gasteiger partial charge in [-0.25, -0.2) is 0 Å². The predicted molar refractivity (Wildman–Crippen MR) is 76.7 cm³/mol. The van der Waals surface area contributed by atoms with Crippen LogP contribution in [0.15, 0.2) is 12.3 Å². The van der Waals surface area contributed by atoms with Crippen LogP contribution < -0.4 is 5.32 Å². The summed E-state index contributed by atoms with van der Waals surface area (Å²) in [5.41, 5.74) is 0.902. The fourth-order valence-corrected chi connectivity index (χ4v) is 3.01. The number of nitrogens with zero attached hydrogens (tertiary/aromatic N) is 1. The standard InChI is InChI=1S/C15H27N3O/c1-14(2,3)12-4-7-15(19,8-5-12)11-16-10-13-6-9-17-18-13/h6,9,12,16,19H,4-5,7-8,10-11H2,1-3H3,(H,17,18). The van der Waals surface area contributed by atoms with Crippen molar-refractivity contribution in [2.24, 2.45) is 11.3 Å². The molecule has 1 aliphatic carbocycles. The summed E-state index contributed by atoms with van der Waals surface area (Å²) in [6.45, 7) is 8.32. The van der Waals surface area contributed by atoms with Crippen LogP contribution in [0.1, 0.15) is 52.1 Å². The molecule has 3 N–H and O–H groups in total. The molecule has 1 aromatic heterocycles. The first kappa shape index (κ1) is 14.5. The summed E-state index contributed by atoms with van der Waals surface area (Å²) in [4.78, 5) is 0. The van der Waals surface area contributed by atoms with Gasteiger partial charge in [-0.2, -0.15) is 5.10 Å². The van der Waals surface area contributed by atoms with Gasteiger partial charge in [0.15, 0.2) is 0 Å². The summed E-state index contributed by atoms with van der Waals surface area (Å²) >= 11 is 0. The van der Waals surface area contributed by atoms with Gasteiger partial charge in [-0.1, -0.05) is 20.8 Å². The number of hydrogen-bond donors (Lipinski definition) is 3. The van der Waals surface area contributed by atoms with Crippen LogP contribution in [-0.2, 0) is 6.54 Å². The summed E-state index contributed by atoms with van der Waals surface area (Å²) in [6.07, 6.45) is 5.83. The van der Waals surface area contributed by atoms with E-state index in [-0.39, 0.29) is 0 Å². The molecule has 1 aromatic rings. The van der Waals surface area contributed by atoms with Crippen molar-refractivity contribution >= 4 is 0 Å². The van der Waals surface area contributed by atoms with E-state index in [2.05, 4.69) is 36.3 Å². The predicted octanol–water partition coefficient (Wildman–Crippen LogP) is 2.47. The van der Waals surface area contributed by atoms with Crippen molar-refractivity contribution in [3.63, 3.8) is 0 Å². The molecular formula is C15H27N3O. The molecular weight excluding hydrogens is 238 g/mol. The molecule has 4 nitrogen and oxygen atoms in total. The number of hydrogen-bond acceptors (Lipinski definition) is 3. The highest BCUT2D eigenvalue weighted by molar-refractivity contribution is 4.97. The van der Waals surface area contributed by atoms with Crippen LogP contribution in [0.4, 0.5) is 0 Å². The summed E-state index contributed by atoms with van der Waals surface area (Å²) in [7, 11) is 0. The summed E-state index contributed by atoms with van der Waals surface area (Å²) in [5, 5.41) is 20.8. The average Bonchev–Trinajstić information content (AvgIpc) is 2.81. The third-order valence-corrected chi connectivity index (χ3v) is 4.47. The second-order valence-corrected chi connectivity index (χ2v) is 7.05. The number of H-pyrrole nitrogens is 1. The zero-order valence-electron chi connectivity index (χ0n) is 12.4. The van der Waals surface area contributed by atoms with Gasteiger partial charge >= 0.3 is 0 Å². The molecule has 1 saturated carbocycles. The van der Waals surface area contributed by atoms with Gasteiger partial charge in [0.25, 0.3) is 0 Å². The van der Waals surface area contributed by atoms with Gasteiger partial charge in [-0.3, -0.25) is 5.10 Å². The molecule has 2 rings (SSSR count). The van der Waals surface area contributed by atoms with E-state index in [4.69, 9.17) is 0 Å². The van der Waals surface area contributed by atoms with Crippen LogP contribution >= 0.6 is 0 Å². The van der Waals surface area contributed by atoms with Crippen molar-refractivity contribution in [2.75, 3.05) is 6.54 Å². The van der Waals surface area contributed by atoms with Gasteiger partial charge in [-0.05, 0) is 43.1 Å². The Morgan fingerprint density at radius 2 is 2.11 bits per heavy atom. The van der Waals surface area contributed by atoms with Crippen LogP contribution in [0.3, 0.4) is 0 Å². The zero-order valence-corrected chi connectivity index (χ0v) is 12.4. The lowest BCUT2D eigenvalue weighted by molar-refractivity contribution is -0.0239. The van der Waals surface area contributed by atoms with E-state index in [1.54, 1.807) is 6.20 Å². The Balaban J connectivity index is 1.75. The zero-order chi connectivity index (χ0) is 13.9. The summed E-state index contributed by atoms with van der Waals surface area (Å²) < 4.78 is 0. The SMILES string of the molecule is CC(C)(C)C1CCC(O)(CNCc2ccn[nH]2)CC1. The molecule has 1 aliphatic rings. The van der Waals surface area contributed by atoms with E-state index in [1.807, 2.05) is 6.07 Å². The Labute approximate surface area is 116 Å². The van der Waals surface area contributed by atoms with Gasteiger partial charge < -0.3 is 10.4 Å². The number of rotatable bonds is 4. The molecule has 19 heavy (non-hydrogen) atoms. The Bertz CT molecular complexity index is 373. The highest BCUT2D eigenvalue weighted by Crippen LogP contribution is 2.41. The lowest BCUT2D eigenvalue weighted by Gasteiger charge is -2.41. The number of aliphatic hydroxyl groups is 1. The summed E-state index contributed by atoms with van der Waals surface area (Å²) in [5.74, 6) is 0.736. The Morgan fingerprint density at radius 1 is 1.42 bits per heavy atom. The Morgan fingerprint density at radius 3 is 2.63 bits per heavy atom. The second-order valence-electron chi connectivity index (χ2n) is 7.05. The minimum absolute atomic E-state index is 0.366. The van der Waals surface area contributed by atoms with Gasteiger partial charge in [0.1, 0.15) is 0 Å². The largest absolute Gasteiger partial charge is 0.389 e. The van der Waals surface area contributed by atoms with Crippen LogP contribution in [0, 0.1) is 11.3 Å². The van der Waals surface area contributed by atoms with E-state index in [0.29, 0.717) is 12.0 Å². The van der Waals surface area contributed by atoms with Crippen LogP contribution in [0.2, 0.25) is 0 Å². The average molecular weight is 265 g/mol. The third-order valence-electron chi connectivity index (χ3n) is 4.47. The van der Waals surface area contributed by atoms with Crippen molar-refractivity contribution < 1.29 is 5.11 Å². The normalized spacial score (nSPS) is 28.5. The second kappa shape index (κ2) is 5.63. The van der Waals surface area contributed by atoms with E-state index < -0.39 is 5.60 Å². The first-order valence-electron chi connectivity index (χ1n) is 7.30. The topological polar surface area (TPSA) is 60.9 Å². The third kappa shape index (κ3) is 4.05. The smallest absolute Gasteiger partial charge is 0.0771 e. The highest BCUT2D eigenvalue weighted by Gasteiger charge is 2.36. The quantitative estimate of drug-likeness (QED) is 0.783. The molecule has 0 unspecified atom stereocenters. The first-order chi connectivity index (χ1) is 8.89. The van der Waals surface area contributed by atoms with Crippen molar-refractivity contribution in [2.45, 2.75) is 58.6 Å².